The van der Waals surface area contributed by atoms with Crippen LogP contribution in [-0.4, -0.2) is 53.6 Å². The van der Waals surface area contributed by atoms with Gasteiger partial charge in [-0.3, -0.25) is 19.3 Å². The number of methoxy groups -OCH3 is 1. The van der Waals surface area contributed by atoms with Crippen LogP contribution in [0, 0.1) is 11.8 Å². The second-order valence-corrected chi connectivity index (χ2v) is 10.4. The van der Waals surface area contributed by atoms with E-state index in [0.717, 1.165) is 18.4 Å². The molecule has 1 aromatic rings. The molecule has 1 aliphatic rings. The number of hydrogen-bond donors (Lipinski definition) is 1. The van der Waals surface area contributed by atoms with E-state index in [1.807, 2.05) is 58.0 Å². The summed E-state index contributed by atoms with van der Waals surface area (Å²) in [7, 11) is 1.39. The number of nitrogens with one attached hydrogen (secondary N) is 1. The fraction of sp³-hybridized carbons (Fsp3) is 0.667. The van der Waals surface area contributed by atoms with Crippen molar-refractivity contribution in [3.63, 3.8) is 0 Å². The van der Waals surface area contributed by atoms with Crippen LogP contribution < -0.4 is 5.32 Å². The molecule has 1 fully saturated rings. The Balaban J connectivity index is 2.44. The average molecular weight is 475 g/mol. The van der Waals surface area contributed by atoms with E-state index in [4.69, 9.17) is 9.47 Å². The maximum Gasteiger partial charge on any atom is 0.323 e. The van der Waals surface area contributed by atoms with Crippen LogP contribution in [0.4, 0.5) is 0 Å². The van der Waals surface area contributed by atoms with E-state index >= 15 is 0 Å². The molecule has 0 bridgehead atoms. The van der Waals surface area contributed by atoms with Gasteiger partial charge in [0.15, 0.2) is 0 Å². The summed E-state index contributed by atoms with van der Waals surface area (Å²) in [5, 5.41) is 3.02. The smallest absolute Gasteiger partial charge is 0.323 e. The Kier molecular flexibility index (Phi) is 10.1. The Bertz CT molecular complexity index is 820. The second kappa shape index (κ2) is 12.3. The van der Waals surface area contributed by atoms with E-state index in [2.05, 4.69) is 17.1 Å². The molecule has 1 aliphatic heterocycles. The first-order valence-corrected chi connectivity index (χ1v) is 12.3. The standard InChI is InChI=1S/C27H42N2O5/c1-8-12-21(18(2)28-19(3)30)15-23-22(25(31)33-7)16-24(26(32)34-27(4,5)6)29(23)17-20-13-10-9-11-14-20/h9-11,13-14,18,21-24H,8,12,15-17H2,1-7H3,(H,28,30)/t18?,21?,22-,23-,24-/m1/s1. The molecule has 0 spiro atoms. The quantitative estimate of drug-likeness (QED) is 0.514. The van der Waals surface area contributed by atoms with Crippen molar-refractivity contribution in [1.82, 2.24) is 10.2 Å². The maximum atomic E-state index is 13.3. The van der Waals surface area contributed by atoms with E-state index in [0.29, 0.717) is 19.4 Å². The molecule has 2 unspecified atom stereocenters. The van der Waals surface area contributed by atoms with Crippen molar-refractivity contribution >= 4 is 17.8 Å². The van der Waals surface area contributed by atoms with Gasteiger partial charge in [-0.25, -0.2) is 0 Å². The molecule has 1 saturated heterocycles. The molecule has 5 atom stereocenters. The zero-order valence-corrected chi connectivity index (χ0v) is 21.8. The Morgan fingerprint density at radius 2 is 1.79 bits per heavy atom. The summed E-state index contributed by atoms with van der Waals surface area (Å²) in [4.78, 5) is 40.0. The van der Waals surface area contributed by atoms with Gasteiger partial charge in [0, 0.05) is 25.6 Å². The minimum absolute atomic E-state index is 0.0464. The van der Waals surface area contributed by atoms with Crippen LogP contribution in [0.15, 0.2) is 30.3 Å². The first-order chi connectivity index (χ1) is 16.0. The molecule has 0 saturated carbocycles. The first kappa shape index (κ1) is 27.8. The molecule has 2 rings (SSSR count). The molecule has 34 heavy (non-hydrogen) atoms. The first-order valence-electron chi connectivity index (χ1n) is 12.3. The van der Waals surface area contributed by atoms with Crippen LogP contribution in [-0.2, 0) is 30.4 Å². The maximum absolute atomic E-state index is 13.3. The minimum atomic E-state index is -0.626. The summed E-state index contributed by atoms with van der Waals surface area (Å²) in [6, 6.07) is 9.15. The molecule has 7 heteroatoms. The Hall–Kier alpha value is -2.41. The van der Waals surface area contributed by atoms with Gasteiger partial charge in [-0.2, -0.15) is 0 Å². The Morgan fingerprint density at radius 1 is 1.15 bits per heavy atom. The SMILES string of the molecule is CCCC(C[C@@H]1[C@H](C(=O)OC)C[C@H](C(=O)OC(C)(C)C)N1Cc1ccccc1)C(C)NC(C)=O. The normalized spacial score (nSPS) is 22.6. The van der Waals surface area contributed by atoms with Gasteiger partial charge >= 0.3 is 11.9 Å². The number of likely N-dealkylation sites (tertiary alicyclic amines) is 1. The van der Waals surface area contributed by atoms with Crippen LogP contribution >= 0.6 is 0 Å². The monoisotopic (exact) mass is 474 g/mol. The fourth-order valence-corrected chi connectivity index (χ4v) is 5.01. The van der Waals surface area contributed by atoms with Gasteiger partial charge in [-0.15, -0.1) is 0 Å². The fourth-order valence-electron chi connectivity index (χ4n) is 5.01. The largest absolute Gasteiger partial charge is 0.469 e. The van der Waals surface area contributed by atoms with E-state index in [-0.39, 0.29) is 35.8 Å². The van der Waals surface area contributed by atoms with Crippen molar-refractivity contribution in [1.29, 1.82) is 0 Å². The highest BCUT2D eigenvalue weighted by atomic mass is 16.6. The lowest BCUT2D eigenvalue weighted by atomic mass is 9.84. The highest BCUT2D eigenvalue weighted by Crippen LogP contribution is 2.38. The van der Waals surface area contributed by atoms with Crippen molar-refractivity contribution in [2.45, 2.75) is 97.5 Å². The lowest BCUT2D eigenvalue weighted by Crippen LogP contribution is -2.46. The second-order valence-electron chi connectivity index (χ2n) is 10.4. The van der Waals surface area contributed by atoms with Gasteiger partial charge in [-0.05, 0) is 58.4 Å². The van der Waals surface area contributed by atoms with Gasteiger partial charge in [0.25, 0.3) is 0 Å². The zero-order chi connectivity index (χ0) is 25.5. The third-order valence-corrected chi connectivity index (χ3v) is 6.50. The van der Waals surface area contributed by atoms with E-state index in [1.54, 1.807) is 0 Å². The number of nitrogens with zero attached hydrogens (tertiary/aromatic N) is 1. The number of amides is 1. The predicted octanol–water partition coefficient (Wildman–Crippen LogP) is 4.09. The summed E-state index contributed by atoms with van der Waals surface area (Å²) in [5.41, 5.74) is 0.437. The Labute approximate surface area is 204 Å². The molecule has 190 valence electrons. The zero-order valence-electron chi connectivity index (χ0n) is 21.8. The molecular formula is C27H42N2O5. The summed E-state index contributed by atoms with van der Waals surface area (Å²) in [5.74, 6) is -0.993. The van der Waals surface area contributed by atoms with Crippen molar-refractivity contribution in [3.8, 4) is 0 Å². The van der Waals surface area contributed by atoms with E-state index < -0.39 is 17.6 Å². The lowest BCUT2D eigenvalue weighted by molar-refractivity contribution is -0.161. The Morgan fingerprint density at radius 3 is 2.32 bits per heavy atom. The van der Waals surface area contributed by atoms with Gasteiger partial charge in [0.05, 0.1) is 13.0 Å². The van der Waals surface area contributed by atoms with Crippen LogP contribution in [0.25, 0.3) is 0 Å². The number of esters is 2. The lowest BCUT2D eigenvalue weighted by Gasteiger charge is -2.35. The van der Waals surface area contributed by atoms with Crippen molar-refractivity contribution in [2.24, 2.45) is 11.8 Å². The van der Waals surface area contributed by atoms with Crippen molar-refractivity contribution < 1.29 is 23.9 Å². The number of hydrogen-bond acceptors (Lipinski definition) is 6. The number of rotatable bonds is 10. The molecule has 1 heterocycles. The molecule has 0 radical (unpaired) electrons. The van der Waals surface area contributed by atoms with Crippen LogP contribution in [0.2, 0.25) is 0 Å². The molecular weight excluding hydrogens is 432 g/mol. The topological polar surface area (TPSA) is 84.9 Å². The molecule has 7 nitrogen and oxygen atoms in total. The van der Waals surface area contributed by atoms with Crippen molar-refractivity contribution in [2.75, 3.05) is 7.11 Å². The molecule has 1 aromatic carbocycles. The number of carbonyl (C=O) groups excluding carboxylic acids is 3. The summed E-state index contributed by atoms with van der Waals surface area (Å²) in [6.07, 6.45) is 2.88. The van der Waals surface area contributed by atoms with Gasteiger partial charge in [-0.1, -0.05) is 43.7 Å². The van der Waals surface area contributed by atoms with Gasteiger partial charge in [0.2, 0.25) is 5.91 Å². The van der Waals surface area contributed by atoms with Crippen LogP contribution in [0.3, 0.4) is 0 Å². The molecule has 0 aromatic heterocycles. The summed E-state index contributed by atoms with van der Waals surface area (Å²) in [6.45, 7) is 11.7. The highest BCUT2D eigenvalue weighted by molar-refractivity contribution is 5.80. The van der Waals surface area contributed by atoms with Crippen LogP contribution in [0.5, 0.6) is 0 Å². The van der Waals surface area contributed by atoms with Crippen LogP contribution in [0.1, 0.15) is 72.8 Å². The number of carbonyl (C=O) groups is 3. The van der Waals surface area contributed by atoms with Gasteiger partial charge in [0.1, 0.15) is 11.6 Å². The predicted molar refractivity (Wildman–Crippen MR) is 132 cm³/mol. The number of benzene rings is 1. The van der Waals surface area contributed by atoms with E-state index in [9.17, 15) is 14.4 Å². The summed E-state index contributed by atoms with van der Waals surface area (Å²) >= 11 is 0. The highest BCUT2D eigenvalue weighted by Gasteiger charge is 2.50. The number of ether oxygens (including phenoxy) is 2. The third-order valence-electron chi connectivity index (χ3n) is 6.50. The molecule has 1 amide bonds. The molecule has 0 aliphatic carbocycles. The van der Waals surface area contributed by atoms with Crippen molar-refractivity contribution in [3.05, 3.63) is 35.9 Å². The molecule has 1 N–H and O–H groups in total. The average Bonchev–Trinajstić information content (AvgIpc) is 3.10. The minimum Gasteiger partial charge on any atom is -0.469 e. The van der Waals surface area contributed by atoms with Gasteiger partial charge < -0.3 is 14.8 Å². The van der Waals surface area contributed by atoms with E-state index in [1.165, 1.54) is 14.0 Å². The summed E-state index contributed by atoms with van der Waals surface area (Å²) < 4.78 is 10.9. The third kappa shape index (κ3) is 7.83.